The summed E-state index contributed by atoms with van der Waals surface area (Å²) in [6, 6.07) is 28.1. The summed E-state index contributed by atoms with van der Waals surface area (Å²) in [6.45, 7) is 9.00. The number of aromatic nitrogens is 4. The Morgan fingerprint density at radius 2 is 1.53 bits per heavy atom. The summed E-state index contributed by atoms with van der Waals surface area (Å²) in [4.78, 5) is 4.32. The zero-order valence-electron chi connectivity index (χ0n) is 26.6. The molecule has 1 atom stereocenters. The molecule has 8 heteroatoms. The molecule has 0 saturated heterocycles. The second kappa shape index (κ2) is 10.3. The van der Waals surface area contributed by atoms with Crippen LogP contribution >= 0.6 is 0 Å². The summed E-state index contributed by atoms with van der Waals surface area (Å²) in [5, 5.41) is 7.59. The first-order valence-corrected chi connectivity index (χ1v) is 15.6. The maximum Gasteiger partial charge on any atom is 0.328 e. The van der Waals surface area contributed by atoms with Gasteiger partial charge in [0.1, 0.15) is 23.2 Å². The molecule has 0 fully saturated rings. The number of benzene rings is 5. The number of aryl methyl sites for hydroxylation is 2. The van der Waals surface area contributed by atoms with Crippen LogP contribution in [0.5, 0.6) is 0 Å². The first kappa shape index (κ1) is 29.1. The van der Waals surface area contributed by atoms with Crippen molar-refractivity contribution >= 4 is 43.7 Å². The Balaban J connectivity index is 1.48. The van der Waals surface area contributed by atoms with E-state index < -0.39 is 17.7 Å². The van der Waals surface area contributed by atoms with Crippen molar-refractivity contribution in [1.82, 2.24) is 19.3 Å². The van der Waals surface area contributed by atoms with Gasteiger partial charge in [-0.3, -0.25) is 0 Å². The molecule has 0 amide bonds. The van der Waals surface area contributed by atoms with Crippen LogP contribution in [0.4, 0.5) is 13.2 Å². The van der Waals surface area contributed by atoms with Crippen LogP contribution < -0.4 is 0 Å². The zero-order valence-corrected chi connectivity index (χ0v) is 26.6. The number of fused-ring (bicyclic) bond motifs is 6. The lowest BCUT2D eigenvalue weighted by Crippen LogP contribution is -2.29. The molecule has 0 aliphatic rings. The number of alkyl halides is 1. The van der Waals surface area contributed by atoms with Gasteiger partial charge >= 0.3 is 6.08 Å². The number of hydrogen-bond acceptors (Lipinski definition) is 3. The van der Waals surface area contributed by atoms with E-state index in [1.54, 1.807) is 6.07 Å². The van der Waals surface area contributed by atoms with Crippen molar-refractivity contribution in [2.75, 3.05) is 0 Å². The summed E-state index contributed by atoms with van der Waals surface area (Å²) in [5.74, 6) is -0.171. The Hall–Kier alpha value is -5.37. The number of hydrogen-bond donors (Lipinski definition) is 0. The predicted octanol–water partition coefficient (Wildman–Crippen LogP) is 10.5. The van der Waals surface area contributed by atoms with Gasteiger partial charge in [0.2, 0.25) is 0 Å². The first-order chi connectivity index (χ1) is 22.6. The molecule has 0 N–H and O–H groups in total. The van der Waals surface area contributed by atoms with E-state index in [0.717, 1.165) is 38.6 Å². The first-order valence-electron chi connectivity index (χ1n) is 15.6. The second-order valence-corrected chi connectivity index (χ2v) is 12.8. The Morgan fingerprint density at radius 3 is 2.30 bits per heavy atom. The van der Waals surface area contributed by atoms with Gasteiger partial charge in [-0.1, -0.05) is 62.4 Å². The van der Waals surface area contributed by atoms with E-state index in [4.69, 9.17) is 4.42 Å². The Morgan fingerprint density at radius 1 is 0.809 bits per heavy atom. The molecule has 5 aromatic carbocycles. The molecule has 47 heavy (non-hydrogen) atoms. The van der Waals surface area contributed by atoms with Gasteiger partial charge in [-0.25, -0.2) is 13.5 Å². The van der Waals surface area contributed by atoms with E-state index in [0.29, 0.717) is 38.8 Å². The van der Waals surface area contributed by atoms with Gasteiger partial charge in [0.25, 0.3) is 0 Å². The third-order valence-electron chi connectivity index (χ3n) is 9.68. The lowest BCUT2D eigenvalue weighted by molar-refractivity contribution is 0.237. The van der Waals surface area contributed by atoms with Crippen LogP contribution in [-0.2, 0) is 5.41 Å². The fraction of sp³-hybridized carbons (Fsp3) is 0.179. The van der Waals surface area contributed by atoms with Gasteiger partial charge in [-0.15, -0.1) is 5.10 Å². The van der Waals surface area contributed by atoms with E-state index in [1.807, 2.05) is 111 Å². The molecule has 0 aliphatic carbocycles. The standard InChI is InChI=1S/C39H31F3N4O/c1-21-18-28-25-14-9-10-17-33(25)47-36(28)22(2)34(21)46-37(43-38(42)44-46)29-19-27-26-15-11-16-31(41)35(26)45(24-12-7-6-8-13-24)32(27)20-30(29)39(4,5)23(3)40/h6-20,23H,1-5H3/t23-/m1/s1. The van der Waals surface area contributed by atoms with Crippen LogP contribution in [0.2, 0.25) is 0 Å². The third-order valence-corrected chi connectivity index (χ3v) is 9.68. The quantitative estimate of drug-likeness (QED) is 0.191. The summed E-state index contributed by atoms with van der Waals surface area (Å²) < 4.78 is 56.2. The summed E-state index contributed by atoms with van der Waals surface area (Å²) in [5.41, 5.74) is 5.58. The molecule has 0 saturated carbocycles. The zero-order chi connectivity index (χ0) is 32.8. The van der Waals surface area contributed by atoms with Crippen molar-refractivity contribution in [3.8, 4) is 22.8 Å². The minimum absolute atomic E-state index is 0.215. The van der Waals surface area contributed by atoms with Crippen molar-refractivity contribution in [2.24, 2.45) is 0 Å². The lowest BCUT2D eigenvalue weighted by atomic mass is 9.77. The van der Waals surface area contributed by atoms with E-state index in [-0.39, 0.29) is 11.6 Å². The molecule has 3 heterocycles. The molecular weight excluding hydrogens is 597 g/mol. The van der Waals surface area contributed by atoms with E-state index >= 15 is 13.2 Å². The van der Waals surface area contributed by atoms with Gasteiger partial charge in [-0.2, -0.15) is 9.37 Å². The minimum atomic E-state index is -1.29. The summed E-state index contributed by atoms with van der Waals surface area (Å²) in [7, 11) is 0. The molecule has 0 bridgehead atoms. The molecule has 0 unspecified atom stereocenters. The van der Waals surface area contributed by atoms with E-state index in [1.165, 1.54) is 17.7 Å². The van der Waals surface area contributed by atoms with Gasteiger partial charge in [0.05, 0.1) is 16.7 Å². The smallest absolute Gasteiger partial charge is 0.328 e. The van der Waals surface area contributed by atoms with Crippen molar-refractivity contribution in [1.29, 1.82) is 0 Å². The van der Waals surface area contributed by atoms with Crippen LogP contribution in [0.3, 0.4) is 0 Å². The van der Waals surface area contributed by atoms with Crippen molar-refractivity contribution in [2.45, 2.75) is 46.2 Å². The van der Waals surface area contributed by atoms with Crippen LogP contribution in [0.25, 0.3) is 66.5 Å². The fourth-order valence-electron chi connectivity index (χ4n) is 6.97. The van der Waals surface area contributed by atoms with Crippen molar-refractivity contribution < 1.29 is 17.6 Å². The molecule has 0 radical (unpaired) electrons. The Labute approximate surface area is 268 Å². The molecule has 8 aromatic rings. The second-order valence-electron chi connectivity index (χ2n) is 12.8. The highest BCUT2D eigenvalue weighted by molar-refractivity contribution is 6.11. The molecule has 5 nitrogen and oxygen atoms in total. The highest BCUT2D eigenvalue weighted by Gasteiger charge is 2.34. The van der Waals surface area contributed by atoms with Crippen molar-refractivity contribution in [3.63, 3.8) is 0 Å². The minimum Gasteiger partial charge on any atom is -0.456 e. The van der Waals surface area contributed by atoms with E-state index in [2.05, 4.69) is 10.1 Å². The normalized spacial score (nSPS) is 13.0. The summed E-state index contributed by atoms with van der Waals surface area (Å²) >= 11 is 0. The van der Waals surface area contributed by atoms with Gasteiger partial charge in [-0.05, 0) is 74.4 Å². The average Bonchev–Trinajstić information content (AvgIpc) is 3.72. The van der Waals surface area contributed by atoms with Gasteiger partial charge in [0.15, 0.2) is 5.82 Å². The number of rotatable bonds is 5. The molecule has 0 spiro atoms. The monoisotopic (exact) mass is 628 g/mol. The fourth-order valence-corrected chi connectivity index (χ4v) is 6.97. The van der Waals surface area contributed by atoms with Crippen LogP contribution in [0, 0.1) is 25.7 Å². The van der Waals surface area contributed by atoms with Gasteiger partial charge < -0.3 is 8.98 Å². The topological polar surface area (TPSA) is 48.8 Å². The molecule has 3 aromatic heterocycles. The number of furan rings is 1. The van der Waals surface area contributed by atoms with Crippen LogP contribution in [-0.4, -0.2) is 25.5 Å². The highest BCUT2D eigenvalue weighted by atomic mass is 19.1. The molecule has 8 rings (SSSR count). The highest BCUT2D eigenvalue weighted by Crippen LogP contribution is 2.44. The number of nitrogens with zero attached hydrogens (tertiary/aromatic N) is 4. The molecule has 0 aliphatic heterocycles. The lowest BCUT2D eigenvalue weighted by Gasteiger charge is -2.30. The largest absolute Gasteiger partial charge is 0.456 e. The Bertz CT molecular complexity index is 2520. The maximum absolute atomic E-state index is 15.7. The molecule has 234 valence electrons. The van der Waals surface area contributed by atoms with Crippen LogP contribution in [0.15, 0.2) is 95.4 Å². The van der Waals surface area contributed by atoms with Crippen LogP contribution in [0.1, 0.15) is 37.5 Å². The third kappa shape index (κ3) is 4.24. The van der Waals surface area contributed by atoms with E-state index in [9.17, 15) is 0 Å². The SMILES string of the molecule is Cc1cc2c(oc3ccccc32)c(C)c1-n1nc(F)nc1-c1cc2c3cccc(F)c3n(-c3ccccc3)c2cc1C(C)(C)[C@@H](C)F. The number of para-hydroxylation sites is 3. The average molecular weight is 629 g/mol. The van der Waals surface area contributed by atoms with Gasteiger partial charge in [0, 0.05) is 43.8 Å². The Kier molecular flexibility index (Phi) is 6.38. The maximum atomic E-state index is 15.7. The summed E-state index contributed by atoms with van der Waals surface area (Å²) in [6.07, 6.45) is -2.21. The molecular formula is C39H31F3N4O. The van der Waals surface area contributed by atoms with Crippen molar-refractivity contribution in [3.05, 3.63) is 120 Å². The predicted molar refractivity (Wildman–Crippen MR) is 181 cm³/mol. The number of halogens is 3.